The second-order valence-corrected chi connectivity index (χ2v) is 4.97. The molecule has 0 aliphatic rings. The largest absolute Gasteiger partial charge is 0.409 e. The number of rotatable bonds is 8. The Hall–Kier alpha value is -0.420. The third-order valence-corrected chi connectivity index (χ3v) is 3.50. The molecule has 2 unspecified atom stereocenters. The molecular weight excluding hydrogens is 210 g/mol. The number of amidine groups is 1. The second kappa shape index (κ2) is 8.85. The van der Waals surface area contributed by atoms with Gasteiger partial charge in [-0.3, -0.25) is 0 Å². The first-order valence-electron chi connectivity index (χ1n) is 5.36. The third kappa shape index (κ3) is 7.50. The molecule has 0 fully saturated rings. The van der Waals surface area contributed by atoms with E-state index < -0.39 is 0 Å². The molecule has 0 heterocycles. The molecule has 0 saturated carbocycles. The standard InChI is InChI=1S/C10H23N3OS/c1-4-9(7-10(11)13-14)12-6-5-8(2)15-3/h8-9,12,14H,4-7H2,1-3H3,(H2,11,13). The van der Waals surface area contributed by atoms with Gasteiger partial charge >= 0.3 is 0 Å². The van der Waals surface area contributed by atoms with E-state index in [4.69, 9.17) is 10.9 Å². The van der Waals surface area contributed by atoms with Crippen molar-refractivity contribution in [1.82, 2.24) is 5.32 Å². The van der Waals surface area contributed by atoms with Crippen molar-refractivity contribution < 1.29 is 5.21 Å². The molecule has 0 radical (unpaired) electrons. The molecule has 0 aliphatic heterocycles. The molecule has 5 heteroatoms. The van der Waals surface area contributed by atoms with Gasteiger partial charge in [0.2, 0.25) is 0 Å². The van der Waals surface area contributed by atoms with Crippen molar-refractivity contribution in [2.75, 3.05) is 12.8 Å². The Labute approximate surface area is 96.7 Å². The highest BCUT2D eigenvalue weighted by atomic mass is 32.2. The van der Waals surface area contributed by atoms with E-state index in [0.29, 0.717) is 23.5 Å². The van der Waals surface area contributed by atoms with Gasteiger partial charge in [0.25, 0.3) is 0 Å². The molecule has 15 heavy (non-hydrogen) atoms. The van der Waals surface area contributed by atoms with Crippen LogP contribution in [-0.2, 0) is 0 Å². The van der Waals surface area contributed by atoms with Crippen molar-refractivity contribution in [3.05, 3.63) is 0 Å². The van der Waals surface area contributed by atoms with Crippen molar-refractivity contribution >= 4 is 17.6 Å². The lowest BCUT2D eigenvalue weighted by Gasteiger charge is -2.17. The summed E-state index contributed by atoms with van der Waals surface area (Å²) in [5.41, 5.74) is 5.46. The molecule has 0 aromatic rings. The van der Waals surface area contributed by atoms with Gasteiger partial charge in [0.1, 0.15) is 5.84 Å². The highest BCUT2D eigenvalue weighted by Gasteiger charge is 2.08. The minimum atomic E-state index is 0.298. The summed E-state index contributed by atoms with van der Waals surface area (Å²) in [6, 6.07) is 0.315. The zero-order chi connectivity index (χ0) is 11.7. The van der Waals surface area contributed by atoms with Gasteiger partial charge in [-0.1, -0.05) is 19.0 Å². The van der Waals surface area contributed by atoms with Crippen molar-refractivity contribution in [3.63, 3.8) is 0 Å². The van der Waals surface area contributed by atoms with E-state index in [-0.39, 0.29) is 0 Å². The molecule has 2 atom stereocenters. The maximum Gasteiger partial charge on any atom is 0.140 e. The molecule has 0 aliphatic carbocycles. The predicted molar refractivity (Wildman–Crippen MR) is 67.7 cm³/mol. The van der Waals surface area contributed by atoms with Gasteiger partial charge in [0.15, 0.2) is 0 Å². The van der Waals surface area contributed by atoms with Crippen LogP contribution in [0.5, 0.6) is 0 Å². The van der Waals surface area contributed by atoms with Crippen LogP contribution in [0.4, 0.5) is 0 Å². The number of nitrogens with zero attached hydrogens (tertiary/aromatic N) is 1. The zero-order valence-corrected chi connectivity index (χ0v) is 10.7. The van der Waals surface area contributed by atoms with Gasteiger partial charge in [-0.25, -0.2) is 0 Å². The summed E-state index contributed by atoms with van der Waals surface area (Å²) in [5, 5.41) is 15.5. The minimum Gasteiger partial charge on any atom is -0.409 e. The molecule has 4 N–H and O–H groups in total. The van der Waals surface area contributed by atoms with Gasteiger partial charge in [-0.05, 0) is 25.6 Å². The number of nitrogens with two attached hydrogens (primary N) is 1. The maximum atomic E-state index is 8.46. The lowest BCUT2D eigenvalue weighted by Crippen LogP contribution is -2.34. The van der Waals surface area contributed by atoms with Crippen LogP contribution >= 0.6 is 11.8 Å². The van der Waals surface area contributed by atoms with Gasteiger partial charge in [0, 0.05) is 17.7 Å². The zero-order valence-electron chi connectivity index (χ0n) is 9.86. The monoisotopic (exact) mass is 233 g/mol. The summed E-state index contributed by atoms with van der Waals surface area (Å²) in [7, 11) is 0. The van der Waals surface area contributed by atoms with Crippen LogP contribution in [0.25, 0.3) is 0 Å². The van der Waals surface area contributed by atoms with Crippen LogP contribution in [0.1, 0.15) is 33.1 Å². The van der Waals surface area contributed by atoms with E-state index in [0.717, 1.165) is 19.4 Å². The Bertz CT molecular complexity index is 188. The molecule has 0 bridgehead atoms. The molecule has 0 aromatic heterocycles. The van der Waals surface area contributed by atoms with Gasteiger partial charge in [0.05, 0.1) is 0 Å². The van der Waals surface area contributed by atoms with Crippen molar-refractivity contribution in [2.24, 2.45) is 10.9 Å². The molecule has 0 aromatic carbocycles. The molecule has 0 rings (SSSR count). The lowest BCUT2D eigenvalue weighted by atomic mass is 10.1. The molecule has 90 valence electrons. The maximum absolute atomic E-state index is 8.46. The molecular formula is C10H23N3OS. The molecule has 0 amide bonds. The van der Waals surface area contributed by atoms with E-state index >= 15 is 0 Å². The first-order valence-corrected chi connectivity index (χ1v) is 6.65. The van der Waals surface area contributed by atoms with E-state index in [9.17, 15) is 0 Å². The number of nitrogens with one attached hydrogen (secondary N) is 1. The number of hydrogen-bond donors (Lipinski definition) is 3. The highest BCUT2D eigenvalue weighted by Crippen LogP contribution is 2.08. The van der Waals surface area contributed by atoms with E-state index in [1.165, 1.54) is 0 Å². The van der Waals surface area contributed by atoms with Gasteiger partial charge in [-0.2, -0.15) is 11.8 Å². The van der Waals surface area contributed by atoms with Crippen LogP contribution in [-0.4, -0.2) is 35.1 Å². The Morgan fingerprint density at radius 1 is 1.60 bits per heavy atom. The minimum absolute atomic E-state index is 0.298. The fraction of sp³-hybridized carbons (Fsp3) is 0.900. The quantitative estimate of drug-likeness (QED) is 0.258. The topological polar surface area (TPSA) is 70.6 Å². The fourth-order valence-electron chi connectivity index (χ4n) is 1.26. The van der Waals surface area contributed by atoms with Crippen molar-refractivity contribution in [2.45, 2.75) is 44.4 Å². The van der Waals surface area contributed by atoms with Crippen molar-refractivity contribution in [1.29, 1.82) is 0 Å². The third-order valence-electron chi connectivity index (χ3n) is 2.46. The van der Waals surface area contributed by atoms with Crippen LogP contribution < -0.4 is 11.1 Å². The Balaban J connectivity index is 3.71. The van der Waals surface area contributed by atoms with Crippen LogP contribution in [0.2, 0.25) is 0 Å². The average Bonchev–Trinajstić information content (AvgIpc) is 2.26. The summed E-state index contributed by atoms with van der Waals surface area (Å²) >= 11 is 1.87. The smallest absolute Gasteiger partial charge is 0.140 e. The number of oxime groups is 1. The lowest BCUT2D eigenvalue weighted by molar-refractivity contribution is 0.315. The van der Waals surface area contributed by atoms with E-state index in [2.05, 4.69) is 30.6 Å². The molecule has 0 saturated heterocycles. The summed E-state index contributed by atoms with van der Waals surface area (Å²) < 4.78 is 0. The van der Waals surface area contributed by atoms with Crippen molar-refractivity contribution in [3.8, 4) is 0 Å². The van der Waals surface area contributed by atoms with Crippen LogP contribution in [0.3, 0.4) is 0 Å². The van der Waals surface area contributed by atoms with Gasteiger partial charge < -0.3 is 16.3 Å². The second-order valence-electron chi connectivity index (χ2n) is 3.69. The normalized spacial score (nSPS) is 16.3. The SMILES string of the molecule is CCC(CC(N)=NO)NCCC(C)SC. The van der Waals surface area contributed by atoms with Gasteiger partial charge in [-0.15, -0.1) is 0 Å². The Morgan fingerprint density at radius 2 is 2.27 bits per heavy atom. The Kier molecular flexibility index (Phi) is 8.61. The summed E-state index contributed by atoms with van der Waals surface area (Å²) in [6.45, 7) is 5.30. The van der Waals surface area contributed by atoms with Crippen LogP contribution in [0.15, 0.2) is 5.16 Å². The first-order chi connectivity index (χ1) is 7.13. The Morgan fingerprint density at radius 3 is 2.73 bits per heavy atom. The highest BCUT2D eigenvalue weighted by molar-refractivity contribution is 7.99. The number of hydrogen-bond acceptors (Lipinski definition) is 4. The average molecular weight is 233 g/mol. The number of thioether (sulfide) groups is 1. The first kappa shape index (κ1) is 14.6. The molecule has 0 spiro atoms. The molecule has 4 nitrogen and oxygen atoms in total. The van der Waals surface area contributed by atoms with E-state index in [1.807, 2.05) is 11.8 Å². The predicted octanol–water partition coefficient (Wildman–Crippen LogP) is 1.63. The summed E-state index contributed by atoms with van der Waals surface area (Å²) in [5.74, 6) is 0.298. The van der Waals surface area contributed by atoms with Crippen LogP contribution in [0, 0.1) is 0 Å². The fourth-order valence-corrected chi connectivity index (χ4v) is 1.62. The van der Waals surface area contributed by atoms with E-state index in [1.54, 1.807) is 0 Å². The summed E-state index contributed by atoms with van der Waals surface area (Å²) in [4.78, 5) is 0. The summed E-state index contributed by atoms with van der Waals surface area (Å²) in [6.07, 6.45) is 4.87.